The van der Waals surface area contributed by atoms with Crippen LogP contribution < -0.4 is 5.73 Å². The summed E-state index contributed by atoms with van der Waals surface area (Å²) in [5, 5.41) is 0. The minimum absolute atomic E-state index is 0.751. The van der Waals surface area contributed by atoms with Gasteiger partial charge in [0.1, 0.15) is 11.6 Å². The highest BCUT2D eigenvalue weighted by atomic mass is 15.2. The molecule has 1 saturated heterocycles. The Morgan fingerprint density at radius 1 is 1.43 bits per heavy atom. The van der Waals surface area contributed by atoms with Crippen molar-refractivity contribution in [3.05, 3.63) is 12.0 Å². The fraction of sp³-hybridized carbons (Fsp3) is 0.700. The zero-order valence-electron chi connectivity index (χ0n) is 8.74. The first-order valence-electron chi connectivity index (χ1n) is 5.26. The molecular formula is C10H18N4. The van der Waals surface area contributed by atoms with Crippen molar-refractivity contribution < 1.29 is 0 Å². The summed E-state index contributed by atoms with van der Waals surface area (Å²) in [5.41, 5.74) is 5.71. The Labute approximate surface area is 84.7 Å². The van der Waals surface area contributed by atoms with Gasteiger partial charge in [-0.25, -0.2) is 4.98 Å². The molecule has 1 aromatic heterocycles. The number of imidazole rings is 1. The van der Waals surface area contributed by atoms with Crippen LogP contribution in [0.1, 0.15) is 18.7 Å². The van der Waals surface area contributed by atoms with E-state index in [0.717, 1.165) is 24.6 Å². The van der Waals surface area contributed by atoms with Crippen molar-refractivity contribution in [2.45, 2.75) is 19.3 Å². The zero-order valence-corrected chi connectivity index (χ0v) is 8.74. The quantitative estimate of drug-likeness (QED) is 0.768. The first kappa shape index (κ1) is 9.52. The number of nitrogens with zero attached hydrogens (tertiary/aromatic N) is 3. The van der Waals surface area contributed by atoms with Gasteiger partial charge in [0.05, 0.1) is 6.20 Å². The smallest absolute Gasteiger partial charge is 0.123 e. The van der Waals surface area contributed by atoms with Crippen LogP contribution in [-0.2, 0) is 13.5 Å². The Morgan fingerprint density at radius 2 is 2.14 bits per heavy atom. The van der Waals surface area contributed by atoms with Crippen molar-refractivity contribution in [3.8, 4) is 0 Å². The van der Waals surface area contributed by atoms with E-state index in [2.05, 4.69) is 9.88 Å². The monoisotopic (exact) mass is 194 g/mol. The molecule has 0 atom stereocenters. The molecule has 4 heteroatoms. The minimum Gasteiger partial charge on any atom is -0.384 e. The van der Waals surface area contributed by atoms with Crippen molar-refractivity contribution in [1.82, 2.24) is 14.5 Å². The van der Waals surface area contributed by atoms with Crippen molar-refractivity contribution in [3.63, 3.8) is 0 Å². The predicted octanol–water partition coefficient (Wildman–Crippen LogP) is 0.641. The molecule has 1 aliphatic heterocycles. The SMILES string of the molecule is Cn1c(N)cnc1CCN1CCCC1. The molecule has 2 heterocycles. The summed E-state index contributed by atoms with van der Waals surface area (Å²) >= 11 is 0. The maximum absolute atomic E-state index is 5.71. The summed E-state index contributed by atoms with van der Waals surface area (Å²) in [6.45, 7) is 3.62. The summed E-state index contributed by atoms with van der Waals surface area (Å²) in [6, 6.07) is 0. The second-order valence-corrected chi connectivity index (χ2v) is 3.96. The lowest BCUT2D eigenvalue weighted by molar-refractivity contribution is 0.339. The Morgan fingerprint density at radius 3 is 2.71 bits per heavy atom. The van der Waals surface area contributed by atoms with Crippen molar-refractivity contribution in [2.75, 3.05) is 25.4 Å². The number of hydrogen-bond donors (Lipinski definition) is 1. The maximum atomic E-state index is 5.71. The van der Waals surface area contributed by atoms with E-state index in [4.69, 9.17) is 5.73 Å². The molecule has 1 fully saturated rings. The van der Waals surface area contributed by atoms with Gasteiger partial charge in [0.15, 0.2) is 0 Å². The molecule has 2 rings (SSSR count). The van der Waals surface area contributed by atoms with Gasteiger partial charge >= 0.3 is 0 Å². The number of nitrogens with two attached hydrogens (primary N) is 1. The molecule has 0 aliphatic carbocycles. The van der Waals surface area contributed by atoms with Crippen LogP contribution in [0.5, 0.6) is 0 Å². The molecule has 0 bridgehead atoms. The van der Waals surface area contributed by atoms with E-state index < -0.39 is 0 Å². The topological polar surface area (TPSA) is 47.1 Å². The van der Waals surface area contributed by atoms with E-state index in [1.54, 1.807) is 6.20 Å². The van der Waals surface area contributed by atoms with Crippen molar-refractivity contribution in [1.29, 1.82) is 0 Å². The minimum atomic E-state index is 0.751. The van der Waals surface area contributed by atoms with Crippen molar-refractivity contribution in [2.24, 2.45) is 7.05 Å². The van der Waals surface area contributed by atoms with Crippen LogP contribution in [0.25, 0.3) is 0 Å². The third-order valence-electron chi connectivity index (χ3n) is 2.97. The molecule has 0 unspecified atom stereocenters. The van der Waals surface area contributed by atoms with Gasteiger partial charge in [-0.3, -0.25) is 0 Å². The van der Waals surface area contributed by atoms with Crippen LogP contribution in [0.15, 0.2) is 6.20 Å². The Balaban J connectivity index is 1.88. The Hall–Kier alpha value is -1.03. The van der Waals surface area contributed by atoms with Gasteiger partial charge in [0, 0.05) is 20.0 Å². The van der Waals surface area contributed by atoms with Crippen LogP contribution in [0.2, 0.25) is 0 Å². The summed E-state index contributed by atoms with van der Waals surface area (Å²) in [6.07, 6.45) is 5.44. The molecule has 2 N–H and O–H groups in total. The fourth-order valence-electron chi connectivity index (χ4n) is 1.96. The molecular weight excluding hydrogens is 176 g/mol. The highest BCUT2D eigenvalue weighted by Gasteiger charge is 2.12. The molecule has 0 aromatic carbocycles. The normalized spacial score (nSPS) is 17.8. The van der Waals surface area contributed by atoms with Gasteiger partial charge in [0.2, 0.25) is 0 Å². The first-order valence-corrected chi connectivity index (χ1v) is 5.26. The number of anilines is 1. The van der Waals surface area contributed by atoms with Gasteiger partial charge in [-0.2, -0.15) is 0 Å². The number of hydrogen-bond acceptors (Lipinski definition) is 3. The molecule has 1 aliphatic rings. The summed E-state index contributed by atoms with van der Waals surface area (Å²) < 4.78 is 1.97. The molecule has 14 heavy (non-hydrogen) atoms. The first-order chi connectivity index (χ1) is 6.77. The van der Waals surface area contributed by atoms with Crippen molar-refractivity contribution >= 4 is 5.82 Å². The van der Waals surface area contributed by atoms with Crippen LogP contribution in [-0.4, -0.2) is 34.1 Å². The summed E-state index contributed by atoms with van der Waals surface area (Å²) in [4.78, 5) is 6.78. The van der Waals surface area contributed by atoms with E-state index in [1.807, 2.05) is 11.6 Å². The number of nitrogen functional groups attached to an aromatic ring is 1. The third kappa shape index (κ3) is 1.90. The fourth-order valence-corrected chi connectivity index (χ4v) is 1.96. The second-order valence-electron chi connectivity index (χ2n) is 3.96. The molecule has 0 saturated carbocycles. The lowest BCUT2D eigenvalue weighted by Gasteiger charge is -2.13. The molecule has 0 spiro atoms. The van der Waals surface area contributed by atoms with Gasteiger partial charge < -0.3 is 15.2 Å². The predicted molar refractivity (Wildman–Crippen MR) is 57.0 cm³/mol. The molecule has 78 valence electrons. The highest BCUT2D eigenvalue weighted by molar-refractivity contribution is 5.27. The van der Waals surface area contributed by atoms with E-state index in [1.165, 1.54) is 25.9 Å². The third-order valence-corrected chi connectivity index (χ3v) is 2.97. The average Bonchev–Trinajstić information content (AvgIpc) is 2.77. The number of likely N-dealkylation sites (tertiary alicyclic amines) is 1. The van der Waals surface area contributed by atoms with Crippen LogP contribution in [0, 0.1) is 0 Å². The Kier molecular flexibility index (Phi) is 2.72. The molecule has 1 aromatic rings. The van der Waals surface area contributed by atoms with Crippen LogP contribution in [0.4, 0.5) is 5.82 Å². The number of aromatic nitrogens is 2. The second kappa shape index (κ2) is 4.00. The Bertz CT molecular complexity index is 299. The van der Waals surface area contributed by atoms with E-state index >= 15 is 0 Å². The summed E-state index contributed by atoms with van der Waals surface area (Å²) in [5.74, 6) is 1.84. The highest BCUT2D eigenvalue weighted by Crippen LogP contribution is 2.10. The van der Waals surface area contributed by atoms with Crippen LogP contribution >= 0.6 is 0 Å². The summed E-state index contributed by atoms with van der Waals surface area (Å²) in [7, 11) is 1.97. The van der Waals surface area contributed by atoms with Gasteiger partial charge in [-0.05, 0) is 25.9 Å². The lowest BCUT2D eigenvalue weighted by atomic mass is 10.3. The maximum Gasteiger partial charge on any atom is 0.123 e. The standard InChI is InChI=1S/C10H18N4/c1-13-9(11)8-12-10(13)4-7-14-5-2-3-6-14/h8H,2-7,11H2,1H3. The van der Waals surface area contributed by atoms with E-state index in [-0.39, 0.29) is 0 Å². The number of rotatable bonds is 3. The zero-order chi connectivity index (χ0) is 9.97. The average molecular weight is 194 g/mol. The van der Waals surface area contributed by atoms with E-state index in [0.29, 0.717) is 0 Å². The van der Waals surface area contributed by atoms with Gasteiger partial charge in [-0.1, -0.05) is 0 Å². The molecule has 0 amide bonds. The largest absolute Gasteiger partial charge is 0.384 e. The van der Waals surface area contributed by atoms with E-state index in [9.17, 15) is 0 Å². The van der Waals surface area contributed by atoms with Crippen LogP contribution in [0.3, 0.4) is 0 Å². The van der Waals surface area contributed by atoms with Gasteiger partial charge in [-0.15, -0.1) is 0 Å². The molecule has 4 nitrogen and oxygen atoms in total. The van der Waals surface area contributed by atoms with Gasteiger partial charge in [0.25, 0.3) is 0 Å². The molecule has 0 radical (unpaired) electrons. The lowest BCUT2D eigenvalue weighted by Crippen LogP contribution is -2.23.